The van der Waals surface area contributed by atoms with E-state index in [1.807, 2.05) is 6.07 Å². The number of esters is 1. The summed E-state index contributed by atoms with van der Waals surface area (Å²) in [4.78, 5) is 16.9. The standard InChI is InChI=1S/C19H22ClN3O2/c1-2-25-18(24)14-6-17-21-15(7-16(20)23(17)22-14)19-8-11-3-12(9-19)5-13(4-11)10-19/h6-7,11-13H,2-5,8-10H2,1H3. The first-order chi connectivity index (χ1) is 12.1. The fraction of sp³-hybridized carbons (Fsp3) is 0.632. The van der Waals surface area contributed by atoms with Crippen LogP contribution in [0, 0.1) is 17.8 Å². The molecule has 4 aliphatic carbocycles. The number of carbonyl (C=O) groups is 1. The average Bonchev–Trinajstić information content (AvgIpc) is 2.99. The number of halogens is 1. The lowest BCUT2D eigenvalue weighted by molar-refractivity contribution is -0.00714. The van der Waals surface area contributed by atoms with Crippen molar-refractivity contribution in [2.45, 2.75) is 50.9 Å². The van der Waals surface area contributed by atoms with Crippen LogP contribution in [0.4, 0.5) is 0 Å². The molecule has 0 aromatic carbocycles. The number of aromatic nitrogens is 3. The van der Waals surface area contributed by atoms with E-state index in [2.05, 4.69) is 5.10 Å². The van der Waals surface area contributed by atoms with Gasteiger partial charge in [-0.1, -0.05) is 11.6 Å². The lowest BCUT2D eigenvalue weighted by atomic mass is 9.49. The number of ether oxygens (including phenoxy) is 1. The van der Waals surface area contributed by atoms with Crippen LogP contribution in [0.5, 0.6) is 0 Å². The summed E-state index contributed by atoms with van der Waals surface area (Å²) in [5.41, 5.74) is 2.17. The summed E-state index contributed by atoms with van der Waals surface area (Å²) in [6.07, 6.45) is 7.89. The van der Waals surface area contributed by atoms with Gasteiger partial charge in [-0.3, -0.25) is 0 Å². The molecule has 2 aromatic heterocycles. The predicted molar refractivity (Wildman–Crippen MR) is 93.8 cm³/mol. The zero-order valence-electron chi connectivity index (χ0n) is 14.4. The van der Waals surface area contributed by atoms with Crippen LogP contribution in [0.25, 0.3) is 5.65 Å². The number of nitrogens with zero attached hydrogens (tertiary/aromatic N) is 3. The van der Waals surface area contributed by atoms with Crippen molar-refractivity contribution >= 4 is 23.2 Å². The van der Waals surface area contributed by atoms with E-state index in [0.29, 0.717) is 17.4 Å². The predicted octanol–water partition coefficient (Wildman–Crippen LogP) is 4.03. The van der Waals surface area contributed by atoms with E-state index in [-0.39, 0.29) is 11.1 Å². The van der Waals surface area contributed by atoms with Gasteiger partial charge < -0.3 is 4.74 Å². The monoisotopic (exact) mass is 359 g/mol. The zero-order chi connectivity index (χ0) is 17.2. The van der Waals surface area contributed by atoms with Crippen LogP contribution in [0.1, 0.15) is 61.6 Å². The molecule has 0 spiro atoms. The molecule has 0 N–H and O–H groups in total. The number of carbonyl (C=O) groups excluding carboxylic acids is 1. The van der Waals surface area contributed by atoms with Gasteiger partial charge in [0.1, 0.15) is 5.15 Å². The Balaban J connectivity index is 1.57. The first-order valence-electron chi connectivity index (χ1n) is 9.30. The van der Waals surface area contributed by atoms with Crippen molar-refractivity contribution in [3.05, 3.63) is 28.7 Å². The van der Waals surface area contributed by atoms with Gasteiger partial charge in [-0.15, -0.1) is 0 Å². The summed E-state index contributed by atoms with van der Waals surface area (Å²) in [7, 11) is 0. The summed E-state index contributed by atoms with van der Waals surface area (Å²) in [5, 5.41) is 4.79. The highest BCUT2D eigenvalue weighted by Crippen LogP contribution is 2.60. The lowest BCUT2D eigenvalue weighted by Gasteiger charge is -2.56. The van der Waals surface area contributed by atoms with Crippen molar-refractivity contribution in [2.75, 3.05) is 6.61 Å². The molecule has 2 aromatic rings. The van der Waals surface area contributed by atoms with Gasteiger partial charge in [0.2, 0.25) is 0 Å². The Hall–Kier alpha value is -1.62. The van der Waals surface area contributed by atoms with E-state index in [9.17, 15) is 4.79 Å². The fourth-order valence-corrected chi connectivity index (χ4v) is 6.17. The van der Waals surface area contributed by atoms with Crippen LogP contribution in [0.3, 0.4) is 0 Å². The molecule has 0 aliphatic heterocycles. The molecule has 6 rings (SSSR count). The van der Waals surface area contributed by atoms with E-state index >= 15 is 0 Å². The van der Waals surface area contributed by atoms with Crippen LogP contribution >= 0.6 is 11.6 Å². The maximum Gasteiger partial charge on any atom is 0.358 e. The third-order valence-electron chi connectivity index (χ3n) is 6.45. The van der Waals surface area contributed by atoms with Gasteiger partial charge in [0.25, 0.3) is 0 Å². The molecular formula is C19H22ClN3O2. The minimum Gasteiger partial charge on any atom is -0.461 e. The van der Waals surface area contributed by atoms with Gasteiger partial charge in [-0.05, 0) is 69.3 Å². The Labute approximate surface area is 151 Å². The molecule has 132 valence electrons. The highest BCUT2D eigenvalue weighted by Gasteiger charge is 2.52. The summed E-state index contributed by atoms with van der Waals surface area (Å²) >= 11 is 6.51. The number of rotatable bonds is 3. The molecule has 6 heteroatoms. The molecular weight excluding hydrogens is 338 g/mol. The molecule has 4 fully saturated rings. The van der Waals surface area contributed by atoms with Crippen molar-refractivity contribution in [1.82, 2.24) is 14.6 Å². The van der Waals surface area contributed by atoms with E-state index in [0.717, 1.165) is 23.4 Å². The van der Waals surface area contributed by atoms with Gasteiger partial charge in [-0.25, -0.2) is 14.3 Å². The Morgan fingerprint density at radius 1 is 1.24 bits per heavy atom. The smallest absolute Gasteiger partial charge is 0.358 e. The van der Waals surface area contributed by atoms with Crippen LogP contribution in [-0.2, 0) is 10.2 Å². The molecule has 4 aliphatic rings. The molecule has 0 atom stereocenters. The molecule has 4 bridgehead atoms. The summed E-state index contributed by atoms with van der Waals surface area (Å²) in [6, 6.07) is 3.66. The molecule has 0 saturated heterocycles. The maximum absolute atomic E-state index is 12.0. The number of fused-ring (bicyclic) bond motifs is 1. The van der Waals surface area contributed by atoms with Crippen LogP contribution in [0.15, 0.2) is 12.1 Å². The van der Waals surface area contributed by atoms with Crippen LogP contribution < -0.4 is 0 Å². The normalized spacial score (nSPS) is 33.1. The van der Waals surface area contributed by atoms with Crippen molar-refractivity contribution in [3.8, 4) is 0 Å². The Morgan fingerprint density at radius 3 is 2.48 bits per heavy atom. The van der Waals surface area contributed by atoms with Gasteiger partial charge >= 0.3 is 5.97 Å². The molecule has 0 unspecified atom stereocenters. The topological polar surface area (TPSA) is 56.5 Å². The largest absolute Gasteiger partial charge is 0.461 e. The van der Waals surface area contributed by atoms with Crippen molar-refractivity contribution in [2.24, 2.45) is 17.8 Å². The third-order valence-corrected chi connectivity index (χ3v) is 6.72. The Bertz CT molecular complexity index is 824. The minimum atomic E-state index is -0.430. The SMILES string of the molecule is CCOC(=O)c1cc2nc(C34CC5CC(CC(C5)C3)C4)cc(Cl)n2n1. The molecule has 25 heavy (non-hydrogen) atoms. The first-order valence-corrected chi connectivity index (χ1v) is 9.68. The summed E-state index contributed by atoms with van der Waals surface area (Å²) < 4.78 is 6.58. The quantitative estimate of drug-likeness (QED) is 0.613. The Morgan fingerprint density at radius 2 is 1.88 bits per heavy atom. The number of hydrogen-bond acceptors (Lipinski definition) is 4. The zero-order valence-corrected chi connectivity index (χ0v) is 15.1. The number of hydrogen-bond donors (Lipinski definition) is 0. The lowest BCUT2D eigenvalue weighted by Crippen LogP contribution is -2.49. The molecule has 2 heterocycles. The molecule has 4 saturated carbocycles. The third kappa shape index (κ3) is 2.39. The second kappa shape index (κ2) is 5.44. The van der Waals surface area contributed by atoms with Crippen molar-refractivity contribution in [1.29, 1.82) is 0 Å². The van der Waals surface area contributed by atoms with Crippen molar-refractivity contribution < 1.29 is 9.53 Å². The Kier molecular flexibility index (Phi) is 3.40. The summed E-state index contributed by atoms with van der Waals surface area (Å²) in [6.45, 7) is 2.11. The van der Waals surface area contributed by atoms with Crippen LogP contribution in [0.2, 0.25) is 5.15 Å². The molecule has 0 radical (unpaired) electrons. The van der Waals surface area contributed by atoms with E-state index in [1.165, 1.54) is 43.0 Å². The fourth-order valence-electron chi connectivity index (χ4n) is 5.94. The van der Waals surface area contributed by atoms with E-state index < -0.39 is 5.97 Å². The maximum atomic E-state index is 12.0. The summed E-state index contributed by atoms with van der Waals surface area (Å²) in [5.74, 6) is 2.12. The van der Waals surface area contributed by atoms with Gasteiger partial charge in [0.15, 0.2) is 11.3 Å². The highest BCUT2D eigenvalue weighted by atomic mass is 35.5. The van der Waals surface area contributed by atoms with Gasteiger partial charge in [0.05, 0.1) is 12.3 Å². The van der Waals surface area contributed by atoms with E-state index in [4.69, 9.17) is 21.3 Å². The van der Waals surface area contributed by atoms with E-state index in [1.54, 1.807) is 13.0 Å². The average molecular weight is 360 g/mol. The molecule has 5 nitrogen and oxygen atoms in total. The second-order valence-corrected chi connectivity index (χ2v) is 8.57. The second-order valence-electron chi connectivity index (χ2n) is 8.18. The van der Waals surface area contributed by atoms with Gasteiger partial charge in [0, 0.05) is 11.5 Å². The van der Waals surface area contributed by atoms with Crippen molar-refractivity contribution in [3.63, 3.8) is 0 Å². The van der Waals surface area contributed by atoms with Crippen LogP contribution in [-0.4, -0.2) is 27.2 Å². The first kappa shape index (κ1) is 15.6. The highest BCUT2D eigenvalue weighted by molar-refractivity contribution is 6.29. The molecule has 0 amide bonds. The van der Waals surface area contributed by atoms with Gasteiger partial charge in [-0.2, -0.15) is 5.10 Å². The minimum absolute atomic E-state index is 0.175.